The van der Waals surface area contributed by atoms with Crippen LogP contribution in [0.25, 0.3) is 0 Å². The van der Waals surface area contributed by atoms with E-state index < -0.39 is 5.82 Å². The molecule has 1 heterocycles. The third-order valence-electron chi connectivity index (χ3n) is 3.70. The van der Waals surface area contributed by atoms with E-state index in [0.717, 1.165) is 19.5 Å². The Morgan fingerprint density at radius 2 is 2.20 bits per heavy atom. The first-order valence-electron chi connectivity index (χ1n) is 6.79. The van der Waals surface area contributed by atoms with Gasteiger partial charge in [0.05, 0.1) is 11.3 Å². The van der Waals surface area contributed by atoms with Gasteiger partial charge in [0.25, 0.3) is 5.91 Å². The lowest BCUT2D eigenvalue weighted by Crippen LogP contribution is -2.42. The van der Waals surface area contributed by atoms with Crippen LogP contribution in [0.4, 0.5) is 10.1 Å². The minimum atomic E-state index is -0.516. The first kappa shape index (κ1) is 14.7. The summed E-state index contributed by atoms with van der Waals surface area (Å²) in [5, 5.41) is 0. The number of hydrogen-bond acceptors (Lipinski definition) is 4. The number of hydrazine groups is 1. The molecule has 0 bridgehead atoms. The van der Waals surface area contributed by atoms with Crippen molar-refractivity contribution in [3.63, 3.8) is 0 Å². The van der Waals surface area contributed by atoms with Crippen molar-refractivity contribution >= 4 is 11.6 Å². The number of nitrogen functional groups attached to an aromatic ring is 1. The van der Waals surface area contributed by atoms with Crippen molar-refractivity contribution in [1.29, 1.82) is 0 Å². The minimum absolute atomic E-state index is 0.0577. The van der Waals surface area contributed by atoms with Gasteiger partial charge >= 0.3 is 0 Å². The Morgan fingerprint density at radius 1 is 1.45 bits per heavy atom. The molecule has 1 saturated heterocycles. The van der Waals surface area contributed by atoms with Crippen LogP contribution in [-0.4, -0.2) is 48.4 Å². The molecule has 0 aliphatic carbocycles. The van der Waals surface area contributed by atoms with Crippen LogP contribution >= 0.6 is 0 Å². The van der Waals surface area contributed by atoms with Gasteiger partial charge in [-0.2, -0.15) is 0 Å². The lowest BCUT2D eigenvalue weighted by molar-refractivity contribution is 0.0697. The Kier molecular flexibility index (Phi) is 4.57. The minimum Gasteiger partial charge on any atom is -0.335 e. The molecule has 1 aromatic carbocycles. The topological polar surface area (TPSA) is 61.6 Å². The van der Waals surface area contributed by atoms with E-state index in [2.05, 4.69) is 10.3 Å². The van der Waals surface area contributed by atoms with E-state index in [1.54, 1.807) is 11.0 Å². The van der Waals surface area contributed by atoms with Crippen molar-refractivity contribution in [3.8, 4) is 0 Å². The first-order chi connectivity index (χ1) is 9.54. The number of amides is 1. The molecule has 3 N–H and O–H groups in total. The zero-order chi connectivity index (χ0) is 14.7. The second kappa shape index (κ2) is 6.19. The molecular weight excluding hydrogens is 259 g/mol. The molecule has 0 aromatic heterocycles. The number of nitrogens with two attached hydrogens (primary N) is 1. The fourth-order valence-corrected chi connectivity index (χ4v) is 2.68. The normalized spacial score (nSPS) is 20.6. The van der Waals surface area contributed by atoms with Crippen LogP contribution in [0.1, 0.15) is 23.7 Å². The fourth-order valence-electron chi connectivity index (χ4n) is 2.68. The molecule has 0 spiro atoms. The Hall–Kier alpha value is -1.66. The van der Waals surface area contributed by atoms with E-state index in [1.165, 1.54) is 12.1 Å². The highest BCUT2D eigenvalue weighted by Gasteiger charge is 2.27. The van der Waals surface area contributed by atoms with E-state index in [-0.39, 0.29) is 23.2 Å². The van der Waals surface area contributed by atoms with Gasteiger partial charge in [0.1, 0.15) is 5.82 Å². The maximum atomic E-state index is 13.7. The molecule has 5 nitrogen and oxygen atoms in total. The van der Waals surface area contributed by atoms with Crippen LogP contribution < -0.4 is 11.3 Å². The van der Waals surface area contributed by atoms with Gasteiger partial charge in [-0.3, -0.25) is 10.6 Å². The molecule has 2 rings (SSSR count). The molecule has 1 unspecified atom stereocenters. The maximum Gasteiger partial charge on any atom is 0.256 e. The summed E-state index contributed by atoms with van der Waals surface area (Å²) in [5.41, 5.74) is 2.63. The molecule has 1 aromatic rings. The fraction of sp³-hybridized carbons (Fsp3) is 0.500. The van der Waals surface area contributed by atoms with E-state index in [9.17, 15) is 9.18 Å². The van der Waals surface area contributed by atoms with E-state index >= 15 is 0 Å². The quantitative estimate of drug-likeness (QED) is 0.633. The average Bonchev–Trinajstić information content (AvgIpc) is 2.58. The van der Waals surface area contributed by atoms with Gasteiger partial charge < -0.3 is 15.2 Å². The summed E-state index contributed by atoms with van der Waals surface area (Å²) >= 11 is 0. The van der Waals surface area contributed by atoms with Gasteiger partial charge in [-0.1, -0.05) is 6.07 Å². The number of benzene rings is 1. The Labute approximate surface area is 118 Å². The predicted molar refractivity (Wildman–Crippen MR) is 76.8 cm³/mol. The van der Waals surface area contributed by atoms with Crippen LogP contribution in [0.3, 0.4) is 0 Å². The van der Waals surface area contributed by atoms with Crippen LogP contribution in [0, 0.1) is 5.82 Å². The third-order valence-corrected chi connectivity index (χ3v) is 3.70. The summed E-state index contributed by atoms with van der Waals surface area (Å²) in [7, 11) is 2.04. The summed E-state index contributed by atoms with van der Waals surface area (Å²) in [4.78, 5) is 16.6. The zero-order valence-corrected chi connectivity index (χ0v) is 11.9. The number of rotatable bonds is 2. The lowest BCUT2D eigenvalue weighted by atomic mass is 10.1. The number of para-hydroxylation sites is 1. The predicted octanol–water partition coefficient (Wildman–Crippen LogP) is 1.28. The number of likely N-dealkylation sites (N-methyl/N-ethyl adjacent to an activating group) is 1. The zero-order valence-electron chi connectivity index (χ0n) is 11.9. The van der Waals surface area contributed by atoms with E-state index in [1.807, 2.05) is 14.0 Å². The second-order valence-corrected chi connectivity index (χ2v) is 5.27. The van der Waals surface area contributed by atoms with Gasteiger partial charge in [0, 0.05) is 19.1 Å². The van der Waals surface area contributed by atoms with Gasteiger partial charge in [-0.25, -0.2) is 4.39 Å². The van der Waals surface area contributed by atoms with Crippen LogP contribution in [0.5, 0.6) is 0 Å². The van der Waals surface area contributed by atoms with Crippen LogP contribution in [-0.2, 0) is 0 Å². The van der Waals surface area contributed by atoms with Gasteiger partial charge in [0.15, 0.2) is 0 Å². The third kappa shape index (κ3) is 2.91. The van der Waals surface area contributed by atoms with Gasteiger partial charge in [0.2, 0.25) is 0 Å². The summed E-state index contributed by atoms with van der Waals surface area (Å²) in [6.45, 7) is 4.45. The summed E-state index contributed by atoms with van der Waals surface area (Å²) in [5.74, 6) is 4.64. The van der Waals surface area contributed by atoms with Crippen molar-refractivity contribution in [2.24, 2.45) is 5.84 Å². The highest BCUT2D eigenvalue weighted by Crippen LogP contribution is 2.22. The molecule has 20 heavy (non-hydrogen) atoms. The number of nitrogens with zero attached hydrogens (tertiary/aromatic N) is 2. The molecule has 6 heteroatoms. The highest BCUT2D eigenvalue weighted by molar-refractivity contribution is 5.99. The van der Waals surface area contributed by atoms with E-state index in [4.69, 9.17) is 5.84 Å². The van der Waals surface area contributed by atoms with Crippen molar-refractivity contribution < 1.29 is 9.18 Å². The van der Waals surface area contributed by atoms with Crippen molar-refractivity contribution in [1.82, 2.24) is 9.80 Å². The Morgan fingerprint density at radius 3 is 2.90 bits per heavy atom. The average molecular weight is 280 g/mol. The number of nitrogens with one attached hydrogen (secondary N) is 1. The monoisotopic (exact) mass is 280 g/mol. The number of carbonyl (C=O) groups excluding carboxylic acids is 1. The molecule has 0 radical (unpaired) electrons. The van der Waals surface area contributed by atoms with Crippen molar-refractivity contribution in [2.45, 2.75) is 19.4 Å². The molecule has 1 amide bonds. The molecule has 0 saturated carbocycles. The van der Waals surface area contributed by atoms with Gasteiger partial charge in [-0.15, -0.1) is 0 Å². The van der Waals surface area contributed by atoms with E-state index in [0.29, 0.717) is 6.54 Å². The molecular formula is C14H21FN4O. The summed E-state index contributed by atoms with van der Waals surface area (Å²) in [6, 6.07) is 4.50. The number of halogens is 1. The number of anilines is 1. The first-order valence-corrected chi connectivity index (χ1v) is 6.79. The smallest absolute Gasteiger partial charge is 0.256 e. The summed E-state index contributed by atoms with van der Waals surface area (Å²) < 4.78 is 13.7. The standard InChI is InChI=1S/C14H21FN4O/c1-10-9-18(2)7-4-8-19(10)14(20)11-5-3-6-12(15)13(11)17-16/h3,5-6,10,17H,4,7-9,16H2,1-2H3. The second-order valence-electron chi connectivity index (χ2n) is 5.27. The van der Waals surface area contributed by atoms with Crippen LogP contribution in [0.2, 0.25) is 0 Å². The van der Waals surface area contributed by atoms with Crippen molar-refractivity contribution in [3.05, 3.63) is 29.6 Å². The number of carbonyl (C=O) groups is 1. The molecule has 110 valence electrons. The summed E-state index contributed by atoms with van der Waals surface area (Å²) in [6.07, 6.45) is 0.910. The maximum absolute atomic E-state index is 13.7. The molecule has 1 aliphatic heterocycles. The molecule has 1 aliphatic rings. The molecule has 1 fully saturated rings. The van der Waals surface area contributed by atoms with Crippen LogP contribution in [0.15, 0.2) is 18.2 Å². The number of hydrogen-bond donors (Lipinski definition) is 2. The Bertz CT molecular complexity index is 494. The largest absolute Gasteiger partial charge is 0.335 e. The highest BCUT2D eigenvalue weighted by atomic mass is 19.1. The van der Waals surface area contributed by atoms with Crippen molar-refractivity contribution in [2.75, 3.05) is 32.1 Å². The Balaban J connectivity index is 2.28. The lowest BCUT2D eigenvalue weighted by Gasteiger charge is -2.28. The van der Waals surface area contributed by atoms with Gasteiger partial charge in [-0.05, 0) is 39.1 Å². The SMILES string of the molecule is CC1CN(C)CCCN1C(=O)c1cccc(F)c1NN. The molecule has 1 atom stereocenters.